The summed E-state index contributed by atoms with van der Waals surface area (Å²) in [5.41, 5.74) is 0. The number of hydrogen-bond acceptors (Lipinski definition) is 3. The maximum atomic E-state index is 10.8. The standard InChI is InChI=1S/C8H12O3/c1-3-4-5-11-8(10)7(2)6-9/h3,6-7H,1,4-5H2,2H3. The lowest BCUT2D eigenvalue weighted by molar-refractivity contribution is -0.148. The van der Waals surface area contributed by atoms with E-state index in [1.807, 2.05) is 0 Å². The summed E-state index contributed by atoms with van der Waals surface area (Å²) < 4.78 is 4.69. The first-order chi connectivity index (χ1) is 5.22. The van der Waals surface area contributed by atoms with Gasteiger partial charge in [0.2, 0.25) is 0 Å². The Labute approximate surface area is 66.0 Å². The highest BCUT2D eigenvalue weighted by atomic mass is 16.5. The zero-order valence-corrected chi connectivity index (χ0v) is 6.58. The van der Waals surface area contributed by atoms with Crippen molar-refractivity contribution < 1.29 is 14.3 Å². The SMILES string of the molecule is C=CCCOC(=O)C(C)C=O. The molecular weight excluding hydrogens is 144 g/mol. The number of hydrogen-bond donors (Lipinski definition) is 0. The molecule has 0 radical (unpaired) electrons. The molecule has 0 aromatic heterocycles. The Kier molecular flexibility index (Phi) is 5.07. The quantitative estimate of drug-likeness (QED) is 0.195. The van der Waals surface area contributed by atoms with E-state index in [9.17, 15) is 9.59 Å². The molecule has 1 unspecified atom stereocenters. The van der Waals surface area contributed by atoms with Crippen LogP contribution >= 0.6 is 0 Å². The van der Waals surface area contributed by atoms with Crippen molar-refractivity contribution in [2.45, 2.75) is 13.3 Å². The van der Waals surface area contributed by atoms with E-state index >= 15 is 0 Å². The average molecular weight is 156 g/mol. The van der Waals surface area contributed by atoms with Gasteiger partial charge in [-0.3, -0.25) is 4.79 Å². The van der Waals surface area contributed by atoms with Crippen LogP contribution in [0.3, 0.4) is 0 Å². The van der Waals surface area contributed by atoms with Crippen LogP contribution in [0.1, 0.15) is 13.3 Å². The summed E-state index contributed by atoms with van der Waals surface area (Å²) >= 11 is 0. The van der Waals surface area contributed by atoms with Crippen molar-refractivity contribution in [2.75, 3.05) is 6.61 Å². The molecule has 0 amide bonds. The zero-order chi connectivity index (χ0) is 8.69. The number of carbonyl (C=O) groups is 2. The van der Waals surface area contributed by atoms with Gasteiger partial charge in [0.05, 0.1) is 6.61 Å². The number of esters is 1. The summed E-state index contributed by atoms with van der Waals surface area (Å²) in [6.45, 7) is 5.27. The Balaban J connectivity index is 3.51. The Morgan fingerprint density at radius 2 is 2.36 bits per heavy atom. The Morgan fingerprint density at radius 1 is 1.73 bits per heavy atom. The lowest BCUT2D eigenvalue weighted by Gasteiger charge is -2.03. The van der Waals surface area contributed by atoms with Crippen LogP contribution in [0.5, 0.6) is 0 Å². The summed E-state index contributed by atoms with van der Waals surface area (Å²) in [5, 5.41) is 0. The molecule has 0 aromatic carbocycles. The molecule has 3 heteroatoms. The third-order valence-corrected chi connectivity index (χ3v) is 1.14. The summed E-state index contributed by atoms with van der Waals surface area (Å²) in [4.78, 5) is 20.8. The third-order valence-electron chi connectivity index (χ3n) is 1.14. The maximum Gasteiger partial charge on any atom is 0.315 e. The van der Waals surface area contributed by atoms with E-state index in [0.717, 1.165) is 0 Å². The van der Waals surface area contributed by atoms with Gasteiger partial charge in [0.1, 0.15) is 12.2 Å². The lowest BCUT2D eigenvalue weighted by Crippen LogP contribution is -2.16. The second-order valence-corrected chi connectivity index (χ2v) is 2.17. The molecule has 0 heterocycles. The van der Waals surface area contributed by atoms with Gasteiger partial charge < -0.3 is 9.53 Å². The van der Waals surface area contributed by atoms with Gasteiger partial charge in [-0.1, -0.05) is 6.08 Å². The first-order valence-electron chi connectivity index (χ1n) is 3.45. The fraction of sp³-hybridized carbons (Fsp3) is 0.500. The van der Waals surface area contributed by atoms with E-state index < -0.39 is 11.9 Å². The van der Waals surface area contributed by atoms with Gasteiger partial charge >= 0.3 is 5.97 Å². The van der Waals surface area contributed by atoms with Crippen LogP contribution in [0.2, 0.25) is 0 Å². The predicted molar refractivity (Wildman–Crippen MR) is 41.0 cm³/mol. The van der Waals surface area contributed by atoms with Gasteiger partial charge in [-0.25, -0.2) is 0 Å². The summed E-state index contributed by atoms with van der Waals surface area (Å²) in [6, 6.07) is 0. The molecule has 11 heavy (non-hydrogen) atoms. The highest BCUT2D eigenvalue weighted by Gasteiger charge is 2.11. The smallest absolute Gasteiger partial charge is 0.315 e. The molecule has 0 spiro atoms. The molecule has 0 aliphatic heterocycles. The summed E-state index contributed by atoms with van der Waals surface area (Å²) in [5.74, 6) is -1.12. The van der Waals surface area contributed by atoms with Crippen LogP contribution < -0.4 is 0 Å². The van der Waals surface area contributed by atoms with E-state index in [2.05, 4.69) is 6.58 Å². The Bertz CT molecular complexity index is 151. The van der Waals surface area contributed by atoms with Crippen LogP contribution in [0.25, 0.3) is 0 Å². The molecular formula is C8H12O3. The van der Waals surface area contributed by atoms with Crippen LogP contribution in [-0.4, -0.2) is 18.9 Å². The average Bonchev–Trinajstić information content (AvgIpc) is 2.03. The normalized spacial score (nSPS) is 11.7. The van der Waals surface area contributed by atoms with Crippen molar-refractivity contribution >= 4 is 12.3 Å². The second-order valence-electron chi connectivity index (χ2n) is 2.17. The number of aldehydes is 1. The topological polar surface area (TPSA) is 43.4 Å². The van der Waals surface area contributed by atoms with Gasteiger partial charge in [-0.2, -0.15) is 0 Å². The van der Waals surface area contributed by atoms with Crippen molar-refractivity contribution in [3.8, 4) is 0 Å². The van der Waals surface area contributed by atoms with Crippen molar-refractivity contribution in [1.82, 2.24) is 0 Å². The highest BCUT2D eigenvalue weighted by molar-refractivity contribution is 5.87. The number of carbonyl (C=O) groups excluding carboxylic acids is 2. The lowest BCUT2D eigenvalue weighted by atomic mass is 10.2. The van der Waals surface area contributed by atoms with E-state index in [-0.39, 0.29) is 0 Å². The molecule has 0 bridgehead atoms. The molecule has 0 fully saturated rings. The van der Waals surface area contributed by atoms with Crippen molar-refractivity contribution in [2.24, 2.45) is 5.92 Å². The molecule has 0 rings (SSSR count). The largest absolute Gasteiger partial charge is 0.465 e. The fourth-order valence-corrected chi connectivity index (χ4v) is 0.430. The molecule has 0 N–H and O–H groups in total. The van der Waals surface area contributed by atoms with Crippen molar-refractivity contribution in [3.05, 3.63) is 12.7 Å². The minimum Gasteiger partial charge on any atom is -0.465 e. The minimum absolute atomic E-state index is 0.306. The summed E-state index contributed by atoms with van der Waals surface area (Å²) in [7, 11) is 0. The molecule has 0 aromatic rings. The van der Waals surface area contributed by atoms with E-state index in [0.29, 0.717) is 19.3 Å². The highest BCUT2D eigenvalue weighted by Crippen LogP contribution is 1.94. The fourth-order valence-electron chi connectivity index (χ4n) is 0.430. The first kappa shape index (κ1) is 9.88. The summed E-state index contributed by atoms with van der Waals surface area (Å²) in [6.07, 6.45) is 2.84. The van der Waals surface area contributed by atoms with Crippen molar-refractivity contribution in [1.29, 1.82) is 0 Å². The van der Waals surface area contributed by atoms with Gasteiger partial charge in [0, 0.05) is 0 Å². The molecule has 62 valence electrons. The molecule has 3 nitrogen and oxygen atoms in total. The molecule has 1 atom stereocenters. The van der Waals surface area contributed by atoms with E-state index in [1.165, 1.54) is 6.92 Å². The molecule has 0 aliphatic rings. The van der Waals surface area contributed by atoms with Gasteiger partial charge in [-0.05, 0) is 13.3 Å². The predicted octanol–water partition coefficient (Wildman–Crippen LogP) is 0.941. The van der Waals surface area contributed by atoms with Crippen LogP contribution in [0, 0.1) is 5.92 Å². The second kappa shape index (κ2) is 5.65. The van der Waals surface area contributed by atoms with Gasteiger partial charge in [-0.15, -0.1) is 6.58 Å². The van der Waals surface area contributed by atoms with Crippen LogP contribution in [0.4, 0.5) is 0 Å². The van der Waals surface area contributed by atoms with Crippen LogP contribution in [-0.2, 0) is 14.3 Å². The Hall–Kier alpha value is -1.12. The zero-order valence-electron chi connectivity index (χ0n) is 6.58. The Morgan fingerprint density at radius 3 is 2.82 bits per heavy atom. The van der Waals surface area contributed by atoms with E-state index in [1.54, 1.807) is 6.08 Å². The maximum absolute atomic E-state index is 10.8. The third kappa shape index (κ3) is 4.31. The molecule has 0 saturated heterocycles. The minimum atomic E-state index is -0.653. The van der Waals surface area contributed by atoms with Gasteiger partial charge in [0.25, 0.3) is 0 Å². The first-order valence-corrected chi connectivity index (χ1v) is 3.45. The molecule has 0 saturated carbocycles. The van der Waals surface area contributed by atoms with Crippen LogP contribution in [0.15, 0.2) is 12.7 Å². The number of ether oxygens (including phenoxy) is 1. The monoisotopic (exact) mass is 156 g/mol. The van der Waals surface area contributed by atoms with E-state index in [4.69, 9.17) is 4.74 Å². The van der Waals surface area contributed by atoms with Gasteiger partial charge in [0.15, 0.2) is 0 Å². The van der Waals surface area contributed by atoms with Crippen molar-refractivity contribution in [3.63, 3.8) is 0 Å². The molecule has 0 aliphatic carbocycles. The number of rotatable bonds is 5.